The first-order valence-electron chi connectivity index (χ1n) is 6.84. The van der Waals surface area contributed by atoms with Gasteiger partial charge in [-0.2, -0.15) is 0 Å². The standard InChI is InChI=1S/C15H22N2O2/c1-11-5-3-4-6-14(11)17-15(18)10-16-9-13-7-8-19-12(13)2/h3-6,12-13,16H,7-10H2,1-2H3,(H,17,18). The summed E-state index contributed by atoms with van der Waals surface area (Å²) in [5.74, 6) is 0.520. The van der Waals surface area contributed by atoms with Crippen LogP contribution in [0.2, 0.25) is 0 Å². The fourth-order valence-corrected chi connectivity index (χ4v) is 2.32. The second-order valence-electron chi connectivity index (χ2n) is 5.12. The molecule has 0 aromatic heterocycles. The molecule has 4 heteroatoms. The van der Waals surface area contributed by atoms with E-state index in [1.807, 2.05) is 31.2 Å². The van der Waals surface area contributed by atoms with Crippen molar-refractivity contribution in [2.75, 3.05) is 25.0 Å². The highest BCUT2D eigenvalue weighted by Crippen LogP contribution is 2.19. The largest absolute Gasteiger partial charge is 0.378 e. The predicted molar refractivity (Wildman–Crippen MR) is 76.2 cm³/mol. The van der Waals surface area contributed by atoms with Crippen LogP contribution in [0, 0.1) is 12.8 Å². The van der Waals surface area contributed by atoms with Crippen LogP contribution in [0.4, 0.5) is 5.69 Å². The van der Waals surface area contributed by atoms with E-state index in [9.17, 15) is 4.79 Å². The number of carbonyl (C=O) groups is 1. The molecule has 2 N–H and O–H groups in total. The first kappa shape index (κ1) is 14.0. The molecule has 4 nitrogen and oxygen atoms in total. The maximum Gasteiger partial charge on any atom is 0.238 e. The van der Waals surface area contributed by atoms with Gasteiger partial charge in [0.05, 0.1) is 12.6 Å². The summed E-state index contributed by atoms with van der Waals surface area (Å²) in [6, 6.07) is 7.79. The molecule has 2 rings (SSSR count). The predicted octanol–water partition coefficient (Wildman–Crippen LogP) is 1.95. The lowest BCUT2D eigenvalue weighted by Gasteiger charge is -2.14. The molecule has 19 heavy (non-hydrogen) atoms. The fourth-order valence-electron chi connectivity index (χ4n) is 2.32. The van der Waals surface area contributed by atoms with Crippen molar-refractivity contribution in [2.24, 2.45) is 5.92 Å². The van der Waals surface area contributed by atoms with E-state index in [-0.39, 0.29) is 5.91 Å². The number of hydrogen-bond acceptors (Lipinski definition) is 3. The lowest BCUT2D eigenvalue weighted by molar-refractivity contribution is -0.115. The van der Waals surface area contributed by atoms with Crippen molar-refractivity contribution in [1.82, 2.24) is 5.32 Å². The molecule has 0 saturated carbocycles. The molecule has 1 aliphatic rings. The monoisotopic (exact) mass is 262 g/mol. The molecule has 0 radical (unpaired) electrons. The minimum Gasteiger partial charge on any atom is -0.378 e. The topological polar surface area (TPSA) is 50.4 Å². The van der Waals surface area contributed by atoms with Gasteiger partial charge in [-0.05, 0) is 37.8 Å². The fraction of sp³-hybridized carbons (Fsp3) is 0.533. The number of aryl methyl sites for hydroxylation is 1. The van der Waals surface area contributed by atoms with Crippen LogP contribution in [0.1, 0.15) is 18.9 Å². The van der Waals surface area contributed by atoms with E-state index in [0.717, 1.165) is 30.8 Å². The molecule has 1 aromatic carbocycles. The van der Waals surface area contributed by atoms with Gasteiger partial charge >= 0.3 is 0 Å². The van der Waals surface area contributed by atoms with Gasteiger partial charge in [0.15, 0.2) is 0 Å². The van der Waals surface area contributed by atoms with E-state index in [2.05, 4.69) is 17.6 Å². The van der Waals surface area contributed by atoms with Gasteiger partial charge in [-0.25, -0.2) is 0 Å². The highest BCUT2D eigenvalue weighted by Gasteiger charge is 2.23. The van der Waals surface area contributed by atoms with Crippen LogP contribution in [0.3, 0.4) is 0 Å². The van der Waals surface area contributed by atoms with Crippen molar-refractivity contribution in [3.63, 3.8) is 0 Å². The molecule has 1 amide bonds. The zero-order chi connectivity index (χ0) is 13.7. The molecule has 2 atom stereocenters. The molecular formula is C15H22N2O2. The van der Waals surface area contributed by atoms with Gasteiger partial charge < -0.3 is 15.4 Å². The molecular weight excluding hydrogens is 240 g/mol. The van der Waals surface area contributed by atoms with Gasteiger partial charge in [0, 0.05) is 18.8 Å². The second kappa shape index (κ2) is 6.68. The molecule has 1 heterocycles. The van der Waals surface area contributed by atoms with Crippen LogP contribution in [0.25, 0.3) is 0 Å². The van der Waals surface area contributed by atoms with E-state index in [1.54, 1.807) is 0 Å². The lowest BCUT2D eigenvalue weighted by Crippen LogP contribution is -2.33. The normalized spacial score (nSPS) is 22.4. The van der Waals surface area contributed by atoms with Crippen LogP contribution in [0.5, 0.6) is 0 Å². The Bertz CT molecular complexity index is 434. The van der Waals surface area contributed by atoms with E-state index in [0.29, 0.717) is 18.6 Å². The molecule has 0 spiro atoms. The van der Waals surface area contributed by atoms with Gasteiger partial charge in [-0.3, -0.25) is 4.79 Å². The quantitative estimate of drug-likeness (QED) is 0.852. The summed E-state index contributed by atoms with van der Waals surface area (Å²) in [6.45, 7) is 6.09. The van der Waals surface area contributed by atoms with Crippen LogP contribution >= 0.6 is 0 Å². The first-order chi connectivity index (χ1) is 9.16. The number of amides is 1. The summed E-state index contributed by atoms with van der Waals surface area (Å²) in [7, 11) is 0. The molecule has 1 aliphatic heterocycles. The Kier molecular flexibility index (Phi) is 4.93. The Labute approximate surface area is 114 Å². The Morgan fingerprint density at radius 1 is 1.42 bits per heavy atom. The van der Waals surface area contributed by atoms with Crippen LogP contribution in [0.15, 0.2) is 24.3 Å². The molecule has 0 aliphatic carbocycles. The Hall–Kier alpha value is -1.39. The van der Waals surface area contributed by atoms with Gasteiger partial charge in [0.1, 0.15) is 0 Å². The molecule has 1 aromatic rings. The lowest BCUT2D eigenvalue weighted by atomic mass is 10.0. The molecule has 2 unspecified atom stereocenters. The molecule has 1 fully saturated rings. The third kappa shape index (κ3) is 4.04. The number of nitrogens with one attached hydrogen (secondary N) is 2. The number of benzene rings is 1. The van der Waals surface area contributed by atoms with Crippen molar-refractivity contribution < 1.29 is 9.53 Å². The highest BCUT2D eigenvalue weighted by atomic mass is 16.5. The number of hydrogen-bond donors (Lipinski definition) is 2. The number of para-hydroxylation sites is 1. The summed E-state index contributed by atoms with van der Waals surface area (Å²) in [6.07, 6.45) is 1.38. The number of rotatable bonds is 5. The first-order valence-corrected chi connectivity index (χ1v) is 6.84. The Balaban J connectivity index is 1.72. The summed E-state index contributed by atoms with van der Waals surface area (Å²) in [4.78, 5) is 11.8. The van der Waals surface area contributed by atoms with Crippen LogP contribution < -0.4 is 10.6 Å². The zero-order valence-electron chi connectivity index (χ0n) is 11.6. The van der Waals surface area contributed by atoms with Gasteiger partial charge in [-0.1, -0.05) is 18.2 Å². The summed E-state index contributed by atoms with van der Waals surface area (Å²) in [5.41, 5.74) is 1.96. The van der Waals surface area contributed by atoms with Crippen LogP contribution in [-0.4, -0.2) is 31.7 Å². The number of anilines is 1. The Morgan fingerprint density at radius 2 is 2.21 bits per heavy atom. The summed E-state index contributed by atoms with van der Waals surface area (Å²) in [5, 5.41) is 6.12. The van der Waals surface area contributed by atoms with E-state index < -0.39 is 0 Å². The van der Waals surface area contributed by atoms with E-state index in [1.165, 1.54) is 0 Å². The smallest absolute Gasteiger partial charge is 0.238 e. The van der Waals surface area contributed by atoms with Crippen molar-refractivity contribution >= 4 is 11.6 Å². The Morgan fingerprint density at radius 3 is 2.89 bits per heavy atom. The average molecular weight is 262 g/mol. The second-order valence-corrected chi connectivity index (χ2v) is 5.12. The van der Waals surface area contributed by atoms with Crippen molar-refractivity contribution in [3.8, 4) is 0 Å². The average Bonchev–Trinajstić information content (AvgIpc) is 2.78. The maximum absolute atomic E-state index is 11.8. The van der Waals surface area contributed by atoms with Crippen molar-refractivity contribution in [3.05, 3.63) is 29.8 Å². The third-order valence-electron chi connectivity index (χ3n) is 3.64. The number of ether oxygens (including phenoxy) is 1. The van der Waals surface area contributed by atoms with Crippen LogP contribution in [-0.2, 0) is 9.53 Å². The van der Waals surface area contributed by atoms with Gasteiger partial charge in [-0.15, -0.1) is 0 Å². The van der Waals surface area contributed by atoms with E-state index >= 15 is 0 Å². The van der Waals surface area contributed by atoms with Crippen molar-refractivity contribution in [1.29, 1.82) is 0 Å². The SMILES string of the molecule is Cc1ccccc1NC(=O)CNCC1CCOC1C. The maximum atomic E-state index is 11.8. The highest BCUT2D eigenvalue weighted by molar-refractivity contribution is 5.92. The number of carbonyl (C=O) groups excluding carboxylic acids is 1. The van der Waals surface area contributed by atoms with Crippen molar-refractivity contribution in [2.45, 2.75) is 26.4 Å². The zero-order valence-corrected chi connectivity index (χ0v) is 11.6. The summed E-state index contributed by atoms with van der Waals surface area (Å²) < 4.78 is 5.49. The molecule has 104 valence electrons. The third-order valence-corrected chi connectivity index (χ3v) is 3.64. The van der Waals surface area contributed by atoms with E-state index in [4.69, 9.17) is 4.74 Å². The summed E-state index contributed by atoms with van der Waals surface area (Å²) >= 11 is 0. The molecule has 0 bridgehead atoms. The minimum atomic E-state index is 0.000804. The van der Waals surface area contributed by atoms with Gasteiger partial charge in [0.25, 0.3) is 0 Å². The van der Waals surface area contributed by atoms with Gasteiger partial charge in [0.2, 0.25) is 5.91 Å². The minimum absolute atomic E-state index is 0.000804. The molecule has 1 saturated heterocycles.